The minimum Gasteiger partial charge on any atom is -0.496 e. The van der Waals surface area contributed by atoms with Gasteiger partial charge in [-0.2, -0.15) is 0 Å². The first kappa shape index (κ1) is 25.7. The van der Waals surface area contributed by atoms with Gasteiger partial charge in [0.15, 0.2) is 5.43 Å². The first-order valence-electron chi connectivity index (χ1n) is 11.6. The maximum Gasteiger partial charge on any atom is 0.293 e. The van der Waals surface area contributed by atoms with E-state index in [-0.39, 0.29) is 35.2 Å². The number of non-ortho nitro benzene ring substituents is 1. The zero-order valence-corrected chi connectivity index (χ0v) is 20.4. The van der Waals surface area contributed by atoms with Crippen LogP contribution >= 0.6 is 0 Å². The molecule has 0 bridgehead atoms. The molecule has 0 aliphatic carbocycles. The Balaban J connectivity index is 1.88. The lowest BCUT2D eigenvalue weighted by Crippen LogP contribution is -2.30. The van der Waals surface area contributed by atoms with Gasteiger partial charge >= 0.3 is 0 Å². The van der Waals surface area contributed by atoms with Gasteiger partial charge in [-0.05, 0) is 29.8 Å². The lowest BCUT2D eigenvalue weighted by Gasteiger charge is -2.26. The zero-order valence-electron chi connectivity index (χ0n) is 20.4. The summed E-state index contributed by atoms with van der Waals surface area (Å²) >= 11 is 0. The van der Waals surface area contributed by atoms with E-state index < -0.39 is 4.92 Å². The highest BCUT2D eigenvalue weighted by Crippen LogP contribution is 2.37. The van der Waals surface area contributed by atoms with Gasteiger partial charge in [0.1, 0.15) is 17.0 Å². The van der Waals surface area contributed by atoms with Gasteiger partial charge in [0.2, 0.25) is 0 Å². The molecule has 37 heavy (non-hydrogen) atoms. The second kappa shape index (κ2) is 11.1. The van der Waals surface area contributed by atoms with Crippen molar-refractivity contribution in [3.05, 3.63) is 80.0 Å². The number of hydrogen-bond acceptors (Lipinski definition) is 8. The summed E-state index contributed by atoms with van der Waals surface area (Å²) in [6.07, 6.45) is 3.44. The minimum absolute atomic E-state index is 0.108. The Bertz CT molecular complexity index is 1540. The number of anilines is 1. The van der Waals surface area contributed by atoms with Crippen molar-refractivity contribution >= 4 is 45.3 Å². The predicted molar refractivity (Wildman–Crippen MR) is 144 cm³/mol. The van der Waals surface area contributed by atoms with Crippen molar-refractivity contribution in [2.45, 2.75) is 0 Å². The first-order valence-corrected chi connectivity index (χ1v) is 11.6. The second-order valence-electron chi connectivity index (χ2n) is 8.21. The van der Waals surface area contributed by atoms with Gasteiger partial charge in [0, 0.05) is 41.7 Å². The Labute approximate surface area is 212 Å². The molecule has 10 heteroatoms. The van der Waals surface area contributed by atoms with Crippen molar-refractivity contribution < 1.29 is 24.6 Å². The summed E-state index contributed by atoms with van der Waals surface area (Å²) in [4.78, 5) is 29.4. The molecule has 0 saturated carbocycles. The molecule has 0 radical (unpaired) electrons. The molecule has 0 fully saturated rings. The molecular weight excluding hydrogens is 478 g/mol. The summed E-state index contributed by atoms with van der Waals surface area (Å²) in [6, 6.07) is 13.3. The summed E-state index contributed by atoms with van der Waals surface area (Å²) in [5.74, 6) is 0.998. The Morgan fingerprint density at radius 1 is 0.973 bits per heavy atom. The third-order valence-electron chi connectivity index (χ3n) is 6.12. The second-order valence-corrected chi connectivity index (χ2v) is 8.21. The maximum absolute atomic E-state index is 13.4. The molecule has 4 aromatic rings. The third kappa shape index (κ3) is 4.97. The molecule has 0 aliphatic heterocycles. The number of nitrogens with zero attached hydrogens (tertiary/aromatic N) is 2. The minimum atomic E-state index is -0.516. The Morgan fingerprint density at radius 2 is 1.65 bits per heavy atom. The van der Waals surface area contributed by atoms with Gasteiger partial charge in [-0.25, -0.2) is 0 Å². The standard InChI is InChI=1S/C27H27N3O7/c1-36-23-16-22(29(11-13-31)12-14-32)24(37-2)15-18(23)8-7-17-9-10-21(30(34)35)26-25(17)27(33)19-5-3-4-6-20(19)28-26/h3-10,15-16,31-32H,11-14H2,1-2H3,(H,28,33)/b8-7+. The van der Waals surface area contributed by atoms with Crippen molar-refractivity contribution in [2.75, 3.05) is 45.4 Å². The molecule has 4 rings (SSSR count). The topological polar surface area (TPSA) is 138 Å². The lowest BCUT2D eigenvalue weighted by molar-refractivity contribution is -0.383. The van der Waals surface area contributed by atoms with Gasteiger partial charge in [0.25, 0.3) is 5.69 Å². The van der Waals surface area contributed by atoms with Gasteiger partial charge in [-0.3, -0.25) is 14.9 Å². The van der Waals surface area contributed by atoms with E-state index in [1.807, 2.05) is 0 Å². The van der Waals surface area contributed by atoms with Crippen LogP contribution < -0.4 is 19.8 Å². The van der Waals surface area contributed by atoms with E-state index in [1.54, 1.807) is 59.5 Å². The van der Waals surface area contributed by atoms with Crippen LogP contribution in [0.1, 0.15) is 11.1 Å². The molecule has 1 aromatic heterocycles. The highest BCUT2D eigenvalue weighted by molar-refractivity contribution is 6.01. The summed E-state index contributed by atoms with van der Waals surface area (Å²) in [5, 5.41) is 31.2. The highest BCUT2D eigenvalue weighted by Gasteiger charge is 2.19. The molecule has 192 valence electrons. The van der Waals surface area contributed by atoms with Crippen LogP contribution in [0.25, 0.3) is 34.0 Å². The van der Waals surface area contributed by atoms with Crippen molar-refractivity contribution in [3.8, 4) is 11.5 Å². The Hall–Kier alpha value is -4.41. The maximum atomic E-state index is 13.4. The number of aromatic amines is 1. The van der Waals surface area contributed by atoms with Crippen LogP contribution in [0.3, 0.4) is 0 Å². The molecule has 0 spiro atoms. The van der Waals surface area contributed by atoms with Crippen LogP contribution in [-0.4, -0.2) is 60.6 Å². The summed E-state index contributed by atoms with van der Waals surface area (Å²) in [7, 11) is 3.03. The lowest BCUT2D eigenvalue weighted by atomic mass is 10.0. The fraction of sp³-hybridized carbons (Fsp3) is 0.222. The summed E-state index contributed by atoms with van der Waals surface area (Å²) in [6.45, 7) is 0.370. The zero-order chi connectivity index (χ0) is 26.5. The van der Waals surface area contributed by atoms with Crippen LogP contribution in [0.15, 0.2) is 53.3 Å². The van der Waals surface area contributed by atoms with Crippen LogP contribution in [0.4, 0.5) is 11.4 Å². The van der Waals surface area contributed by atoms with E-state index in [9.17, 15) is 25.1 Å². The molecular formula is C27H27N3O7. The van der Waals surface area contributed by atoms with Crippen molar-refractivity contribution in [1.29, 1.82) is 0 Å². The number of nitro benzene ring substituents is 1. The molecule has 0 unspecified atom stereocenters. The van der Waals surface area contributed by atoms with E-state index >= 15 is 0 Å². The first-order chi connectivity index (χ1) is 17.9. The Kier molecular flexibility index (Phi) is 7.71. The number of nitrogens with one attached hydrogen (secondary N) is 1. The number of ether oxygens (including phenoxy) is 2. The third-order valence-corrected chi connectivity index (χ3v) is 6.12. The number of benzene rings is 3. The highest BCUT2D eigenvalue weighted by atomic mass is 16.6. The molecule has 10 nitrogen and oxygen atoms in total. The number of rotatable bonds is 10. The number of methoxy groups -OCH3 is 2. The summed E-state index contributed by atoms with van der Waals surface area (Å²) < 4.78 is 11.2. The largest absolute Gasteiger partial charge is 0.496 e. The SMILES string of the molecule is COc1cc(N(CCO)CCO)c(OC)cc1/C=C/c1ccc([N+](=O)[O-])c2[nH]c3ccccc3c(=O)c12. The van der Waals surface area contributed by atoms with Crippen LogP contribution in [0.5, 0.6) is 11.5 Å². The van der Waals surface area contributed by atoms with Crippen LogP contribution in [0, 0.1) is 10.1 Å². The molecule has 1 heterocycles. The van der Waals surface area contributed by atoms with E-state index in [2.05, 4.69) is 4.98 Å². The predicted octanol–water partition coefficient (Wildman–Crippen LogP) is 3.57. The molecule has 3 aromatic carbocycles. The van der Waals surface area contributed by atoms with Crippen LogP contribution in [-0.2, 0) is 0 Å². The molecule has 3 N–H and O–H groups in total. The number of nitro groups is 1. The average molecular weight is 506 g/mol. The fourth-order valence-electron chi connectivity index (χ4n) is 4.39. The number of aromatic nitrogens is 1. The molecule has 0 amide bonds. The fourth-order valence-corrected chi connectivity index (χ4v) is 4.39. The number of hydrogen-bond donors (Lipinski definition) is 3. The van der Waals surface area contributed by atoms with Crippen molar-refractivity contribution in [2.24, 2.45) is 0 Å². The van der Waals surface area contributed by atoms with Crippen molar-refractivity contribution in [1.82, 2.24) is 4.98 Å². The van der Waals surface area contributed by atoms with E-state index in [4.69, 9.17) is 9.47 Å². The number of aliphatic hydroxyl groups is 2. The normalized spacial score (nSPS) is 11.4. The van der Waals surface area contributed by atoms with Crippen molar-refractivity contribution in [3.63, 3.8) is 0 Å². The summed E-state index contributed by atoms with van der Waals surface area (Å²) in [5.41, 5.74) is 1.95. The van der Waals surface area contributed by atoms with Gasteiger partial charge < -0.3 is 29.6 Å². The van der Waals surface area contributed by atoms with Gasteiger partial charge in [-0.1, -0.05) is 24.3 Å². The molecule has 0 atom stereocenters. The number of aliphatic hydroxyl groups excluding tert-OH is 2. The van der Waals surface area contributed by atoms with Gasteiger partial charge in [0.05, 0.1) is 43.4 Å². The average Bonchev–Trinajstić information content (AvgIpc) is 2.91. The molecule has 0 saturated heterocycles. The number of pyridine rings is 1. The van der Waals surface area contributed by atoms with Gasteiger partial charge in [-0.15, -0.1) is 0 Å². The monoisotopic (exact) mass is 505 g/mol. The number of H-pyrrole nitrogens is 1. The van der Waals surface area contributed by atoms with E-state index in [1.165, 1.54) is 20.3 Å². The molecule has 0 aliphatic rings. The van der Waals surface area contributed by atoms with Crippen LogP contribution in [0.2, 0.25) is 0 Å². The van der Waals surface area contributed by atoms with E-state index in [0.29, 0.717) is 52.3 Å². The smallest absolute Gasteiger partial charge is 0.293 e. The quantitative estimate of drug-likeness (QED) is 0.129. The number of fused-ring (bicyclic) bond motifs is 2. The van der Waals surface area contributed by atoms with E-state index in [0.717, 1.165) is 0 Å². The Morgan fingerprint density at radius 3 is 2.30 bits per heavy atom. The number of para-hydroxylation sites is 1.